The SMILES string of the molecule is CC(C(=O)O)C1CCCc2nn(C)cc21. The van der Waals surface area contributed by atoms with Gasteiger partial charge in [-0.25, -0.2) is 0 Å². The Labute approximate surface area is 88.9 Å². The van der Waals surface area contributed by atoms with Gasteiger partial charge in [0.1, 0.15) is 0 Å². The average molecular weight is 208 g/mol. The Morgan fingerprint density at radius 2 is 2.47 bits per heavy atom. The van der Waals surface area contributed by atoms with Crippen LogP contribution in [0.3, 0.4) is 0 Å². The van der Waals surface area contributed by atoms with Crippen molar-refractivity contribution >= 4 is 5.97 Å². The zero-order valence-corrected chi connectivity index (χ0v) is 9.10. The second kappa shape index (κ2) is 3.68. The Morgan fingerprint density at radius 3 is 3.13 bits per heavy atom. The molecule has 4 nitrogen and oxygen atoms in total. The first-order chi connectivity index (χ1) is 7.09. The molecule has 82 valence electrons. The quantitative estimate of drug-likeness (QED) is 0.802. The predicted octanol–water partition coefficient (Wildman–Crippen LogP) is 1.56. The Morgan fingerprint density at radius 1 is 1.73 bits per heavy atom. The number of aryl methyl sites for hydroxylation is 2. The molecule has 4 heteroatoms. The van der Waals surface area contributed by atoms with Crippen LogP contribution in [0.15, 0.2) is 6.20 Å². The number of carbonyl (C=O) groups is 1. The van der Waals surface area contributed by atoms with Crippen molar-refractivity contribution in [2.75, 3.05) is 0 Å². The molecule has 0 saturated carbocycles. The second-order valence-electron chi connectivity index (χ2n) is 4.33. The van der Waals surface area contributed by atoms with Gasteiger partial charge in [-0.3, -0.25) is 9.48 Å². The lowest BCUT2D eigenvalue weighted by Crippen LogP contribution is -2.22. The molecule has 1 heterocycles. The zero-order chi connectivity index (χ0) is 11.0. The molecule has 2 rings (SSSR count). The number of rotatable bonds is 2. The summed E-state index contributed by atoms with van der Waals surface area (Å²) in [5.74, 6) is -0.884. The summed E-state index contributed by atoms with van der Waals surface area (Å²) in [5, 5.41) is 13.4. The molecule has 0 amide bonds. The van der Waals surface area contributed by atoms with E-state index >= 15 is 0 Å². The summed E-state index contributed by atoms with van der Waals surface area (Å²) in [6.07, 6.45) is 4.97. The van der Waals surface area contributed by atoms with E-state index in [0.29, 0.717) is 0 Å². The number of carboxylic acid groups (broad SMARTS) is 1. The van der Waals surface area contributed by atoms with E-state index in [1.165, 1.54) is 0 Å². The molecule has 2 unspecified atom stereocenters. The Kier molecular flexibility index (Phi) is 2.50. The molecule has 1 aromatic heterocycles. The fourth-order valence-electron chi connectivity index (χ4n) is 2.39. The highest BCUT2D eigenvalue weighted by Gasteiger charge is 2.30. The minimum atomic E-state index is -0.711. The molecule has 0 fully saturated rings. The van der Waals surface area contributed by atoms with Gasteiger partial charge in [0.25, 0.3) is 0 Å². The van der Waals surface area contributed by atoms with E-state index in [1.807, 2.05) is 13.2 Å². The molecule has 0 bridgehead atoms. The van der Waals surface area contributed by atoms with Crippen molar-refractivity contribution in [1.29, 1.82) is 0 Å². The summed E-state index contributed by atoms with van der Waals surface area (Å²) >= 11 is 0. The summed E-state index contributed by atoms with van der Waals surface area (Å²) < 4.78 is 1.79. The Bertz CT molecular complexity index is 384. The van der Waals surface area contributed by atoms with Crippen LogP contribution in [0.2, 0.25) is 0 Å². The summed E-state index contributed by atoms with van der Waals surface area (Å²) in [4.78, 5) is 11.0. The van der Waals surface area contributed by atoms with Crippen LogP contribution in [-0.2, 0) is 18.3 Å². The van der Waals surface area contributed by atoms with Crippen molar-refractivity contribution < 1.29 is 9.90 Å². The van der Waals surface area contributed by atoms with Crippen LogP contribution in [0.5, 0.6) is 0 Å². The van der Waals surface area contributed by atoms with Crippen LogP contribution < -0.4 is 0 Å². The maximum Gasteiger partial charge on any atom is 0.306 e. The van der Waals surface area contributed by atoms with Gasteiger partial charge in [0.05, 0.1) is 11.6 Å². The third-order valence-electron chi connectivity index (χ3n) is 3.26. The van der Waals surface area contributed by atoms with Crippen LogP contribution in [0.25, 0.3) is 0 Å². The van der Waals surface area contributed by atoms with Gasteiger partial charge in [0.2, 0.25) is 0 Å². The molecular weight excluding hydrogens is 192 g/mol. The number of hydrogen-bond acceptors (Lipinski definition) is 2. The molecule has 1 aliphatic rings. The highest BCUT2D eigenvalue weighted by molar-refractivity contribution is 5.71. The molecular formula is C11H16N2O2. The fraction of sp³-hybridized carbons (Fsp3) is 0.636. The van der Waals surface area contributed by atoms with Gasteiger partial charge >= 0.3 is 5.97 Å². The van der Waals surface area contributed by atoms with Crippen molar-refractivity contribution in [1.82, 2.24) is 9.78 Å². The van der Waals surface area contributed by atoms with Gasteiger partial charge in [-0.1, -0.05) is 6.92 Å². The van der Waals surface area contributed by atoms with Gasteiger partial charge in [-0.05, 0) is 24.8 Å². The largest absolute Gasteiger partial charge is 0.481 e. The highest BCUT2D eigenvalue weighted by atomic mass is 16.4. The molecule has 1 aliphatic carbocycles. The summed E-state index contributed by atoms with van der Waals surface area (Å²) in [7, 11) is 1.89. The number of hydrogen-bond donors (Lipinski definition) is 1. The molecule has 0 aromatic carbocycles. The minimum Gasteiger partial charge on any atom is -0.481 e. The van der Waals surface area contributed by atoms with Crippen LogP contribution >= 0.6 is 0 Å². The third-order valence-corrected chi connectivity index (χ3v) is 3.26. The van der Waals surface area contributed by atoms with E-state index in [0.717, 1.165) is 30.5 Å². The summed E-state index contributed by atoms with van der Waals surface area (Å²) in [6, 6.07) is 0. The summed E-state index contributed by atoms with van der Waals surface area (Å²) in [5.41, 5.74) is 2.22. The molecule has 0 aliphatic heterocycles. The van der Waals surface area contributed by atoms with E-state index in [2.05, 4.69) is 5.10 Å². The lowest BCUT2D eigenvalue weighted by atomic mass is 9.79. The lowest BCUT2D eigenvalue weighted by molar-refractivity contribution is -0.142. The molecule has 1 N–H and O–H groups in total. The maximum atomic E-state index is 11.0. The topological polar surface area (TPSA) is 55.1 Å². The van der Waals surface area contributed by atoms with Crippen molar-refractivity contribution in [3.63, 3.8) is 0 Å². The first-order valence-electron chi connectivity index (χ1n) is 5.35. The number of aliphatic carboxylic acids is 1. The third kappa shape index (κ3) is 1.76. The standard InChI is InChI=1S/C11H16N2O2/c1-7(11(14)15)8-4-3-5-10-9(8)6-13(2)12-10/h6-8H,3-5H2,1-2H3,(H,14,15). The van der Waals surface area contributed by atoms with E-state index in [-0.39, 0.29) is 11.8 Å². The monoisotopic (exact) mass is 208 g/mol. The van der Waals surface area contributed by atoms with Crippen molar-refractivity contribution in [3.05, 3.63) is 17.5 Å². The first-order valence-corrected chi connectivity index (χ1v) is 5.35. The first kappa shape index (κ1) is 10.2. The molecule has 0 spiro atoms. The van der Waals surface area contributed by atoms with Crippen LogP contribution in [0.1, 0.15) is 36.9 Å². The predicted molar refractivity (Wildman–Crippen MR) is 55.7 cm³/mol. The number of aromatic nitrogens is 2. The fourth-order valence-corrected chi connectivity index (χ4v) is 2.39. The molecule has 2 atom stereocenters. The van der Waals surface area contributed by atoms with Gasteiger partial charge in [-0.15, -0.1) is 0 Å². The number of carboxylic acids is 1. The van der Waals surface area contributed by atoms with E-state index in [1.54, 1.807) is 11.6 Å². The van der Waals surface area contributed by atoms with Crippen LogP contribution in [-0.4, -0.2) is 20.9 Å². The number of nitrogens with zero attached hydrogens (tertiary/aromatic N) is 2. The second-order valence-corrected chi connectivity index (χ2v) is 4.33. The van der Waals surface area contributed by atoms with E-state index in [4.69, 9.17) is 5.11 Å². The van der Waals surface area contributed by atoms with E-state index in [9.17, 15) is 4.79 Å². The summed E-state index contributed by atoms with van der Waals surface area (Å²) in [6.45, 7) is 1.79. The zero-order valence-electron chi connectivity index (χ0n) is 9.10. The van der Waals surface area contributed by atoms with Gasteiger partial charge in [-0.2, -0.15) is 5.10 Å². The van der Waals surface area contributed by atoms with E-state index < -0.39 is 5.97 Å². The van der Waals surface area contributed by atoms with Gasteiger partial charge in [0.15, 0.2) is 0 Å². The Hall–Kier alpha value is -1.32. The number of fused-ring (bicyclic) bond motifs is 1. The van der Waals surface area contributed by atoms with Crippen LogP contribution in [0, 0.1) is 5.92 Å². The Balaban J connectivity index is 2.33. The van der Waals surface area contributed by atoms with Crippen molar-refractivity contribution in [2.24, 2.45) is 13.0 Å². The maximum absolute atomic E-state index is 11.0. The normalized spacial score (nSPS) is 22.1. The van der Waals surface area contributed by atoms with Crippen molar-refractivity contribution in [2.45, 2.75) is 32.1 Å². The smallest absolute Gasteiger partial charge is 0.306 e. The van der Waals surface area contributed by atoms with Gasteiger partial charge in [0, 0.05) is 19.2 Å². The minimum absolute atomic E-state index is 0.139. The molecule has 0 radical (unpaired) electrons. The average Bonchev–Trinajstić information content (AvgIpc) is 2.56. The van der Waals surface area contributed by atoms with Crippen LogP contribution in [0.4, 0.5) is 0 Å². The van der Waals surface area contributed by atoms with Gasteiger partial charge < -0.3 is 5.11 Å². The molecule has 15 heavy (non-hydrogen) atoms. The highest BCUT2D eigenvalue weighted by Crippen LogP contribution is 2.36. The lowest BCUT2D eigenvalue weighted by Gasteiger charge is -2.24. The van der Waals surface area contributed by atoms with Crippen molar-refractivity contribution in [3.8, 4) is 0 Å². The molecule has 1 aromatic rings. The molecule has 0 saturated heterocycles.